The van der Waals surface area contributed by atoms with E-state index in [4.69, 9.17) is 23.2 Å². The van der Waals surface area contributed by atoms with Gasteiger partial charge in [0.25, 0.3) is 0 Å². The molecule has 1 N–H and O–H groups in total. The summed E-state index contributed by atoms with van der Waals surface area (Å²) in [4.78, 5) is 12.2. The average molecular weight is 447 g/mol. The summed E-state index contributed by atoms with van der Waals surface area (Å²) in [5.41, 5.74) is 1.05. The van der Waals surface area contributed by atoms with E-state index in [1.54, 1.807) is 25.1 Å². The lowest BCUT2D eigenvalue weighted by atomic mass is 10.1. The molecule has 2 aromatic carbocycles. The number of hydrogen-bond donors (Lipinski definition) is 1. The predicted molar refractivity (Wildman–Crippen MR) is 111 cm³/mol. The van der Waals surface area contributed by atoms with Crippen LogP contribution in [-0.4, -0.2) is 27.1 Å². The molecule has 5 nitrogen and oxygen atoms in total. The molecule has 0 spiro atoms. The summed E-state index contributed by atoms with van der Waals surface area (Å²) in [6.45, 7) is 1.87. The summed E-state index contributed by atoms with van der Waals surface area (Å²) >= 11 is 12.1. The second-order valence-electron chi connectivity index (χ2n) is 6.38. The number of nitrogens with zero attached hydrogens (tertiary/aromatic N) is 1. The Morgan fingerprint density at radius 3 is 2.43 bits per heavy atom. The van der Waals surface area contributed by atoms with Gasteiger partial charge in [-0.25, -0.2) is 12.8 Å². The van der Waals surface area contributed by atoms with Crippen LogP contribution < -0.4 is 9.62 Å². The Labute approximate surface area is 174 Å². The fraction of sp³-hybridized carbons (Fsp3) is 0.316. The van der Waals surface area contributed by atoms with Gasteiger partial charge in [0.1, 0.15) is 5.82 Å². The van der Waals surface area contributed by atoms with Gasteiger partial charge in [-0.15, -0.1) is 0 Å². The molecule has 28 heavy (non-hydrogen) atoms. The van der Waals surface area contributed by atoms with Crippen LogP contribution in [0.2, 0.25) is 10.0 Å². The Kier molecular flexibility index (Phi) is 7.69. The van der Waals surface area contributed by atoms with Crippen LogP contribution in [-0.2, 0) is 14.8 Å². The summed E-state index contributed by atoms with van der Waals surface area (Å²) in [6.07, 6.45) is 1.48. The van der Waals surface area contributed by atoms with E-state index in [9.17, 15) is 17.6 Å². The highest BCUT2D eigenvalue weighted by molar-refractivity contribution is 7.92. The third-order valence-electron chi connectivity index (χ3n) is 4.09. The fourth-order valence-corrected chi connectivity index (χ4v) is 4.08. The van der Waals surface area contributed by atoms with E-state index in [1.807, 2.05) is 0 Å². The van der Waals surface area contributed by atoms with Gasteiger partial charge in [0, 0.05) is 18.0 Å². The van der Waals surface area contributed by atoms with Crippen molar-refractivity contribution in [2.75, 3.05) is 17.1 Å². The summed E-state index contributed by atoms with van der Waals surface area (Å²) < 4.78 is 38.4. The van der Waals surface area contributed by atoms with Crippen molar-refractivity contribution in [3.63, 3.8) is 0 Å². The molecule has 0 unspecified atom stereocenters. The van der Waals surface area contributed by atoms with Gasteiger partial charge in [0.2, 0.25) is 15.9 Å². The quantitative estimate of drug-likeness (QED) is 0.646. The van der Waals surface area contributed by atoms with Crippen LogP contribution in [0.3, 0.4) is 0 Å². The van der Waals surface area contributed by atoms with Crippen molar-refractivity contribution in [1.29, 1.82) is 0 Å². The van der Waals surface area contributed by atoms with Gasteiger partial charge in [-0.3, -0.25) is 9.10 Å². The van der Waals surface area contributed by atoms with Gasteiger partial charge in [0.15, 0.2) is 0 Å². The zero-order chi connectivity index (χ0) is 20.9. The lowest BCUT2D eigenvalue weighted by Gasteiger charge is -2.23. The molecule has 1 atom stereocenters. The van der Waals surface area contributed by atoms with Gasteiger partial charge in [-0.2, -0.15) is 0 Å². The Balaban J connectivity index is 1.97. The summed E-state index contributed by atoms with van der Waals surface area (Å²) in [7, 11) is -3.60. The number of benzene rings is 2. The topological polar surface area (TPSA) is 66.5 Å². The second kappa shape index (κ2) is 9.58. The number of carbonyl (C=O) groups excluding carboxylic acids is 1. The van der Waals surface area contributed by atoms with E-state index >= 15 is 0 Å². The van der Waals surface area contributed by atoms with Gasteiger partial charge < -0.3 is 5.32 Å². The smallest absolute Gasteiger partial charge is 0.232 e. The first kappa shape index (κ1) is 22.5. The maximum absolute atomic E-state index is 13.0. The molecule has 0 fully saturated rings. The van der Waals surface area contributed by atoms with Crippen molar-refractivity contribution in [3.8, 4) is 0 Å². The van der Waals surface area contributed by atoms with Crippen LogP contribution in [0.25, 0.3) is 0 Å². The molecule has 0 radical (unpaired) electrons. The molecule has 0 aliphatic rings. The highest BCUT2D eigenvalue weighted by atomic mass is 35.5. The SMILES string of the molecule is C[C@@H](NC(=O)CCCN(c1cc(Cl)ccc1Cl)S(C)(=O)=O)c1ccc(F)cc1. The number of nitrogens with one attached hydrogen (secondary N) is 1. The molecule has 0 heterocycles. The average Bonchev–Trinajstić information content (AvgIpc) is 2.60. The zero-order valence-electron chi connectivity index (χ0n) is 15.5. The first-order chi connectivity index (χ1) is 13.1. The van der Waals surface area contributed by atoms with Gasteiger partial charge in [-0.05, 0) is 49.2 Å². The fourth-order valence-electron chi connectivity index (χ4n) is 2.67. The number of rotatable bonds is 8. The molecule has 1 amide bonds. The molecular weight excluding hydrogens is 426 g/mol. The van der Waals surface area contributed by atoms with Gasteiger partial charge in [0.05, 0.1) is 23.0 Å². The molecule has 2 rings (SSSR count). The molecule has 0 saturated carbocycles. The van der Waals surface area contributed by atoms with E-state index in [2.05, 4.69) is 5.32 Å². The number of anilines is 1. The Morgan fingerprint density at radius 1 is 1.18 bits per heavy atom. The largest absolute Gasteiger partial charge is 0.350 e. The second-order valence-corrected chi connectivity index (χ2v) is 9.13. The molecule has 0 saturated heterocycles. The molecule has 152 valence electrons. The van der Waals surface area contributed by atoms with Crippen LogP contribution >= 0.6 is 23.2 Å². The third kappa shape index (κ3) is 6.36. The standard InChI is InChI=1S/C19H21Cl2FN2O3S/c1-13(14-5-8-16(22)9-6-14)23-19(25)4-3-11-24(28(2,26)27)18-12-15(20)7-10-17(18)21/h5-10,12-13H,3-4,11H2,1-2H3,(H,23,25)/t13-/m1/s1. The highest BCUT2D eigenvalue weighted by Crippen LogP contribution is 2.30. The minimum absolute atomic E-state index is 0.0806. The maximum atomic E-state index is 13.0. The van der Waals surface area contributed by atoms with Crippen molar-refractivity contribution < 1.29 is 17.6 Å². The van der Waals surface area contributed by atoms with Gasteiger partial charge in [-0.1, -0.05) is 35.3 Å². The van der Waals surface area contributed by atoms with Crippen LogP contribution in [0.4, 0.5) is 10.1 Å². The molecule has 0 aliphatic heterocycles. The number of amides is 1. The van der Waals surface area contributed by atoms with E-state index in [0.29, 0.717) is 5.02 Å². The number of carbonyl (C=O) groups is 1. The number of sulfonamides is 1. The highest BCUT2D eigenvalue weighted by Gasteiger charge is 2.21. The van der Waals surface area contributed by atoms with E-state index < -0.39 is 10.0 Å². The molecule has 0 aliphatic carbocycles. The molecule has 9 heteroatoms. The van der Waals surface area contributed by atoms with Crippen molar-refractivity contribution in [2.24, 2.45) is 0 Å². The van der Waals surface area contributed by atoms with Gasteiger partial charge >= 0.3 is 0 Å². The van der Waals surface area contributed by atoms with Crippen molar-refractivity contribution in [3.05, 3.63) is 63.9 Å². The summed E-state index contributed by atoms with van der Waals surface area (Å²) in [6, 6.07) is 10.1. The monoisotopic (exact) mass is 446 g/mol. The lowest BCUT2D eigenvalue weighted by molar-refractivity contribution is -0.121. The minimum atomic E-state index is -3.60. The Bertz CT molecular complexity index is 937. The number of hydrogen-bond acceptors (Lipinski definition) is 3. The number of halogens is 3. The summed E-state index contributed by atoms with van der Waals surface area (Å²) in [5, 5.41) is 3.43. The maximum Gasteiger partial charge on any atom is 0.232 e. The van der Waals surface area contributed by atoms with Crippen LogP contribution in [0.5, 0.6) is 0 Å². The predicted octanol–water partition coefficient (Wildman–Crippen LogP) is 4.56. The van der Waals surface area contributed by atoms with Crippen LogP contribution in [0.1, 0.15) is 31.4 Å². The lowest BCUT2D eigenvalue weighted by Crippen LogP contribution is -2.32. The molecular formula is C19H21Cl2FN2O3S. The normalized spacial score (nSPS) is 12.5. The third-order valence-corrected chi connectivity index (χ3v) is 5.82. The van der Waals surface area contributed by atoms with E-state index in [1.165, 1.54) is 24.3 Å². The zero-order valence-corrected chi connectivity index (χ0v) is 17.8. The van der Waals surface area contributed by atoms with Crippen molar-refractivity contribution >= 4 is 44.8 Å². The Hall–Kier alpha value is -1.83. The molecule has 0 aromatic heterocycles. The first-order valence-electron chi connectivity index (χ1n) is 8.55. The van der Waals surface area contributed by atoms with Crippen molar-refractivity contribution in [2.45, 2.75) is 25.8 Å². The van der Waals surface area contributed by atoms with Crippen molar-refractivity contribution in [1.82, 2.24) is 5.32 Å². The van der Waals surface area contributed by atoms with Crippen LogP contribution in [0.15, 0.2) is 42.5 Å². The van der Waals surface area contributed by atoms with E-state index in [0.717, 1.165) is 16.1 Å². The summed E-state index contributed by atoms with van der Waals surface area (Å²) in [5.74, 6) is -0.578. The molecule has 0 bridgehead atoms. The van der Waals surface area contributed by atoms with E-state index in [-0.39, 0.29) is 47.9 Å². The molecule has 2 aromatic rings. The van der Waals surface area contributed by atoms with Crippen LogP contribution in [0, 0.1) is 5.82 Å². The Morgan fingerprint density at radius 2 is 1.82 bits per heavy atom. The first-order valence-corrected chi connectivity index (χ1v) is 11.2. The minimum Gasteiger partial charge on any atom is -0.350 e.